The highest BCUT2D eigenvalue weighted by Crippen LogP contribution is 2.34. The number of aliphatic hydroxyl groups excluding tert-OH is 1. The number of likely N-dealkylation sites (N-methyl/N-ethyl adjacent to an activating group) is 1. The lowest BCUT2D eigenvalue weighted by molar-refractivity contribution is -0.126. The summed E-state index contributed by atoms with van der Waals surface area (Å²) in [6, 6.07) is 13.1. The van der Waals surface area contributed by atoms with Crippen LogP contribution in [0.15, 0.2) is 48.5 Å². The topological polar surface area (TPSA) is 43.8 Å². The van der Waals surface area contributed by atoms with E-state index in [0.717, 1.165) is 0 Å². The van der Waals surface area contributed by atoms with Crippen LogP contribution in [0.4, 0.5) is 15.8 Å². The minimum Gasteiger partial charge on any atom is -0.378 e. The van der Waals surface area contributed by atoms with Gasteiger partial charge in [-0.25, -0.2) is 4.39 Å². The lowest BCUT2D eigenvalue weighted by Crippen LogP contribution is -2.44. The number of carbonyl (C=O) groups excluding carboxylic acids is 1. The van der Waals surface area contributed by atoms with E-state index in [1.165, 1.54) is 17.0 Å². The Hall–Kier alpha value is -2.40. The molecule has 0 fully saturated rings. The Balaban J connectivity index is 1.93. The molecule has 3 rings (SSSR count). The summed E-state index contributed by atoms with van der Waals surface area (Å²) >= 11 is 0. The van der Waals surface area contributed by atoms with E-state index in [-0.39, 0.29) is 5.82 Å². The summed E-state index contributed by atoms with van der Waals surface area (Å²) < 4.78 is 13.4. The number of halogens is 1. The van der Waals surface area contributed by atoms with Crippen LogP contribution in [0.5, 0.6) is 0 Å². The van der Waals surface area contributed by atoms with E-state index in [0.29, 0.717) is 30.0 Å². The lowest BCUT2D eigenvalue weighted by atomic mass is 10.1. The number of amides is 1. The lowest BCUT2D eigenvalue weighted by Gasteiger charge is -2.36. The first-order chi connectivity index (χ1) is 10.6. The maximum atomic E-state index is 13.4. The molecule has 2 aromatic carbocycles. The van der Waals surface area contributed by atoms with Gasteiger partial charge in [-0.05, 0) is 23.8 Å². The van der Waals surface area contributed by atoms with Gasteiger partial charge < -0.3 is 14.9 Å². The average molecular weight is 300 g/mol. The average Bonchev–Trinajstić information content (AvgIpc) is 2.55. The maximum absolute atomic E-state index is 13.4. The maximum Gasteiger partial charge on any atom is 0.260 e. The van der Waals surface area contributed by atoms with Gasteiger partial charge in [-0.1, -0.05) is 30.3 Å². The third-order valence-corrected chi connectivity index (χ3v) is 3.91. The molecule has 22 heavy (non-hydrogen) atoms. The first-order valence-corrected chi connectivity index (χ1v) is 7.13. The van der Waals surface area contributed by atoms with Crippen LogP contribution < -0.4 is 9.80 Å². The number of benzene rings is 2. The van der Waals surface area contributed by atoms with Gasteiger partial charge in [0.25, 0.3) is 5.91 Å². The van der Waals surface area contributed by atoms with Crippen LogP contribution in [-0.4, -0.2) is 31.2 Å². The minimum absolute atomic E-state index is 0.344. The van der Waals surface area contributed by atoms with Gasteiger partial charge in [-0.2, -0.15) is 0 Å². The molecule has 1 aliphatic heterocycles. The molecule has 0 spiro atoms. The zero-order valence-electron chi connectivity index (χ0n) is 12.2. The number of anilines is 2. The molecule has 0 saturated carbocycles. The van der Waals surface area contributed by atoms with Crippen molar-refractivity contribution in [3.05, 3.63) is 59.9 Å². The van der Waals surface area contributed by atoms with Crippen LogP contribution in [0.3, 0.4) is 0 Å². The number of aliphatic hydroxyl groups is 1. The molecule has 0 bridgehead atoms. The fraction of sp³-hybridized carbons (Fsp3) is 0.235. The van der Waals surface area contributed by atoms with Gasteiger partial charge in [0.15, 0.2) is 6.10 Å². The summed E-state index contributed by atoms with van der Waals surface area (Å²) in [7, 11) is 1.85. The van der Waals surface area contributed by atoms with Gasteiger partial charge in [-0.15, -0.1) is 0 Å². The van der Waals surface area contributed by atoms with Gasteiger partial charge in [0.1, 0.15) is 5.82 Å². The zero-order valence-corrected chi connectivity index (χ0v) is 12.2. The van der Waals surface area contributed by atoms with E-state index in [4.69, 9.17) is 0 Å². The van der Waals surface area contributed by atoms with Crippen LogP contribution in [0.25, 0.3) is 0 Å². The molecule has 1 amide bonds. The summed E-state index contributed by atoms with van der Waals surface area (Å²) in [4.78, 5) is 16.0. The Morgan fingerprint density at radius 1 is 1.14 bits per heavy atom. The van der Waals surface area contributed by atoms with E-state index in [2.05, 4.69) is 0 Å². The molecule has 1 aliphatic rings. The van der Waals surface area contributed by atoms with Crippen LogP contribution in [0.2, 0.25) is 0 Å². The molecule has 114 valence electrons. The fourth-order valence-corrected chi connectivity index (χ4v) is 2.68. The molecule has 0 saturated heterocycles. The second kappa shape index (κ2) is 5.77. The molecule has 0 aliphatic carbocycles. The molecule has 1 N–H and O–H groups in total. The van der Waals surface area contributed by atoms with E-state index in [1.54, 1.807) is 30.3 Å². The molecular formula is C17H17FN2O2. The molecule has 1 heterocycles. The van der Waals surface area contributed by atoms with Crippen molar-refractivity contribution < 1.29 is 14.3 Å². The van der Waals surface area contributed by atoms with Crippen molar-refractivity contribution in [3.8, 4) is 0 Å². The fourth-order valence-electron chi connectivity index (χ4n) is 2.68. The van der Waals surface area contributed by atoms with Crippen molar-refractivity contribution >= 4 is 17.3 Å². The normalized spacial score (nSPS) is 15.4. The first-order valence-electron chi connectivity index (χ1n) is 7.13. The number of nitrogens with zero attached hydrogens (tertiary/aromatic N) is 2. The number of fused-ring (bicyclic) bond motifs is 1. The highest BCUT2D eigenvalue weighted by atomic mass is 19.1. The SMILES string of the molecule is CN1CCN(C(=O)C(O)c2ccccc2)c2ccc(F)cc21. The molecule has 0 radical (unpaired) electrons. The summed E-state index contributed by atoms with van der Waals surface area (Å²) in [5.74, 6) is -0.740. The standard InChI is InChI=1S/C17H17FN2O2/c1-19-9-10-20(14-8-7-13(18)11-15(14)19)17(22)16(21)12-5-3-2-4-6-12/h2-8,11,16,21H,9-10H2,1H3. The molecule has 1 atom stereocenters. The van der Waals surface area contributed by atoms with Crippen molar-refractivity contribution in [1.82, 2.24) is 0 Å². The third kappa shape index (κ3) is 2.55. The summed E-state index contributed by atoms with van der Waals surface area (Å²) in [6.07, 6.45) is -1.22. The van der Waals surface area contributed by atoms with E-state index in [1.807, 2.05) is 18.0 Å². The van der Waals surface area contributed by atoms with Gasteiger partial charge in [0.2, 0.25) is 0 Å². The molecule has 2 aromatic rings. The van der Waals surface area contributed by atoms with Gasteiger partial charge >= 0.3 is 0 Å². The van der Waals surface area contributed by atoms with Crippen LogP contribution >= 0.6 is 0 Å². The Labute approximate surface area is 128 Å². The van der Waals surface area contributed by atoms with Gasteiger partial charge in [-0.3, -0.25) is 4.79 Å². The zero-order chi connectivity index (χ0) is 15.7. The summed E-state index contributed by atoms with van der Waals surface area (Å²) in [5, 5.41) is 10.3. The Morgan fingerprint density at radius 3 is 2.59 bits per heavy atom. The number of carbonyl (C=O) groups is 1. The molecule has 4 nitrogen and oxygen atoms in total. The highest BCUT2D eigenvalue weighted by Gasteiger charge is 2.30. The van der Waals surface area contributed by atoms with E-state index >= 15 is 0 Å². The third-order valence-electron chi connectivity index (χ3n) is 3.91. The van der Waals surface area contributed by atoms with Crippen molar-refractivity contribution in [1.29, 1.82) is 0 Å². The predicted molar refractivity (Wildman–Crippen MR) is 83.4 cm³/mol. The van der Waals surface area contributed by atoms with Crippen molar-refractivity contribution in [2.24, 2.45) is 0 Å². The van der Waals surface area contributed by atoms with Crippen molar-refractivity contribution in [2.75, 3.05) is 29.9 Å². The second-order valence-electron chi connectivity index (χ2n) is 5.36. The second-order valence-corrected chi connectivity index (χ2v) is 5.36. The Morgan fingerprint density at radius 2 is 1.86 bits per heavy atom. The molecular weight excluding hydrogens is 283 g/mol. The van der Waals surface area contributed by atoms with Gasteiger partial charge in [0, 0.05) is 20.1 Å². The number of rotatable bonds is 2. The molecule has 5 heteroatoms. The summed E-state index contributed by atoms with van der Waals surface area (Å²) in [6.45, 7) is 1.04. The largest absolute Gasteiger partial charge is 0.378 e. The monoisotopic (exact) mass is 300 g/mol. The highest BCUT2D eigenvalue weighted by molar-refractivity contribution is 6.00. The van der Waals surface area contributed by atoms with E-state index in [9.17, 15) is 14.3 Å². The Bertz CT molecular complexity index is 690. The minimum atomic E-state index is -1.22. The van der Waals surface area contributed by atoms with Crippen molar-refractivity contribution in [3.63, 3.8) is 0 Å². The molecule has 1 unspecified atom stereocenters. The van der Waals surface area contributed by atoms with Crippen LogP contribution in [-0.2, 0) is 4.79 Å². The summed E-state index contributed by atoms with van der Waals surface area (Å²) in [5.41, 5.74) is 1.82. The number of hydrogen-bond acceptors (Lipinski definition) is 3. The first kappa shape index (κ1) is 14.5. The Kier molecular flexibility index (Phi) is 3.81. The predicted octanol–water partition coefficient (Wildman–Crippen LogP) is 2.34. The smallest absolute Gasteiger partial charge is 0.260 e. The number of hydrogen-bond donors (Lipinski definition) is 1. The van der Waals surface area contributed by atoms with Crippen LogP contribution in [0, 0.1) is 5.82 Å². The van der Waals surface area contributed by atoms with E-state index < -0.39 is 12.0 Å². The van der Waals surface area contributed by atoms with Gasteiger partial charge in [0.05, 0.1) is 11.4 Å². The van der Waals surface area contributed by atoms with Crippen molar-refractivity contribution in [2.45, 2.75) is 6.10 Å². The van der Waals surface area contributed by atoms with Crippen LogP contribution in [0.1, 0.15) is 11.7 Å². The quantitative estimate of drug-likeness (QED) is 0.926. The molecule has 0 aromatic heterocycles.